The number of rotatable bonds is 5. The Kier molecular flexibility index (Phi) is 5.57. The van der Waals surface area contributed by atoms with E-state index in [9.17, 15) is 9.59 Å². The minimum Gasteiger partial charge on any atom is -0.487 e. The SMILES string of the molecule is O=C1[C@@H]2[C@H]3C=C[C@@H]([C@@H]4C[C@H]34)[C@@H]2C(=O)N1N=Cc1cc(I)c(OCc2ccc(Cl)cc2)c(I)c1. The molecule has 0 N–H and O–H groups in total. The molecule has 0 radical (unpaired) electrons. The van der Waals surface area contributed by atoms with Crippen LogP contribution in [0.15, 0.2) is 53.7 Å². The van der Waals surface area contributed by atoms with Crippen LogP contribution in [0, 0.1) is 42.6 Å². The van der Waals surface area contributed by atoms with E-state index in [1.54, 1.807) is 6.21 Å². The molecular formula is C25H19ClI2N2O3. The maximum Gasteiger partial charge on any atom is 0.254 e. The summed E-state index contributed by atoms with van der Waals surface area (Å²) in [6.07, 6.45) is 7.11. The third kappa shape index (κ3) is 3.74. The van der Waals surface area contributed by atoms with Crippen LogP contribution in [0.4, 0.5) is 0 Å². The maximum atomic E-state index is 13.1. The summed E-state index contributed by atoms with van der Waals surface area (Å²) >= 11 is 10.4. The predicted octanol–water partition coefficient (Wildman–Crippen LogP) is 5.52. The average molecular weight is 685 g/mol. The third-order valence-electron chi connectivity index (χ3n) is 7.28. The average Bonchev–Trinajstić information content (AvgIpc) is 3.57. The Bertz CT molecular complexity index is 1170. The van der Waals surface area contributed by atoms with Gasteiger partial charge in [-0.1, -0.05) is 35.9 Å². The van der Waals surface area contributed by atoms with E-state index in [2.05, 4.69) is 62.4 Å². The smallest absolute Gasteiger partial charge is 0.254 e. The topological polar surface area (TPSA) is 59.0 Å². The van der Waals surface area contributed by atoms with Crippen molar-refractivity contribution >= 4 is 74.8 Å². The number of ether oxygens (including phenoxy) is 1. The molecule has 33 heavy (non-hydrogen) atoms. The second kappa shape index (κ2) is 8.34. The number of imide groups is 1. The minimum absolute atomic E-state index is 0.140. The highest BCUT2D eigenvalue weighted by Crippen LogP contribution is 2.65. The molecule has 1 saturated heterocycles. The molecule has 0 unspecified atom stereocenters. The largest absolute Gasteiger partial charge is 0.487 e. The summed E-state index contributed by atoms with van der Waals surface area (Å²) in [6, 6.07) is 11.5. The van der Waals surface area contributed by atoms with Gasteiger partial charge in [-0.05, 0) is 111 Å². The monoisotopic (exact) mass is 684 g/mol. The van der Waals surface area contributed by atoms with Gasteiger partial charge in [-0.15, -0.1) is 0 Å². The van der Waals surface area contributed by atoms with Crippen molar-refractivity contribution in [3.05, 3.63) is 71.8 Å². The fourth-order valence-electron chi connectivity index (χ4n) is 5.71. The van der Waals surface area contributed by atoms with Crippen LogP contribution in [0.1, 0.15) is 17.5 Å². The first-order chi connectivity index (χ1) is 15.9. The number of allylic oxidation sites excluding steroid dienone is 2. The molecule has 5 nitrogen and oxygen atoms in total. The van der Waals surface area contributed by atoms with Crippen molar-refractivity contribution in [2.75, 3.05) is 0 Å². The van der Waals surface area contributed by atoms with Crippen LogP contribution in [-0.2, 0) is 16.2 Å². The van der Waals surface area contributed by atoms with Crippen LogP contribution in [0.5, 0.6) is 5.75 Å². The van der Waals surface area contributed by atoms with Crippen molar-refractivity contribution in [3.63, 3.8) is 0 Å². The number of halogens is 3. The summed E-state index contributed by atoms with van der Waals surface area (Å²) in [5.74, 6) is 1.66. The van der Waals surface area contributed by atoms with Crippen molar-refractivity contribution in [2.45, 2.75) is 13.0 Å². The van der Waals surface area contributed by atoms with Crippen molar-refractivity contribution < 1.29 is 14.3 Å². The molecule has 1 aliphatic heterocycles. The van der Waals surface area contributed by atoms with Gasteiger partial charge in [0.1, 0.15) is 12.4 Å². The molecule has 2 bridgehead atoms. The van der Waals surface area contributed by atoms with Crippen molar-refractivity contribution in [1.82, 2.24) is 5.01 Å². The van der Waals surface area contributed by atoms with E-state index in [0.717, 1.165) is 35.4 Å². The number of hydrazone groups is 1. The molecule has 0 spiro atoms. The van der Waals surface area contributed by atoms with Gasteiger partial charge in [-0.2, -0.15) is 10.1 Å². The van der Waals surface area contributed by atoms with Crippen molar-refractivity contribution in [2.24, 2.45) is 40.6 Å². The van der Waals surface area contributed by atoms with Gasteiger partial charge in [-0.3, -0.25) is 9.59 Å². The first-order valence-electron chi connectivity index (χ1n) is 10.9. The lowest BCUT2D eigenvalue weighted by molar-refractivity contribution is -0.140. The molecule has 1 heterocycles. The zero-order chi connectivity index (χ0) is 22.9. The van der Waals surface area contributed by atoms with Crippen LogP contribution in [0.3, 0.4) is 0 Å². The second-order valence-electron chi connectivity index (χ2n) is 9.12. The van der Waals surface area contributed by atoms with Crippen LogP contribution in [0.2, 0.25) is 5.02 Å². The molecule has 6 atom stereocenters. The highest BCUT2D eigenvalue weighted by atomic mass is 127. The molecule has 2 saturated carbocycles. The molecule has 8 heteroatoms. The molecule has 7 rings (SSSR count). The van der Waals surface area contributed by atoms with E-state index in [1.807, 2.05) is 36.4 Å². The van der Waals surface area contributed by atoms with Gasteiger partial charge in [0.25, 0.3) is 11.8 Å². The maximum absolute atomic E-state index is 13.1. The Morgan fingerprint density at radius 3 is 2.15 bits per heavy atom. The Balaban J connectivity index is 1.18. The minimum atomic E-state index is -0.225. The standard InChI is InChI=1S/C25H19ClI2N2O3/c26-14-3-1-12(2-4-14)11-33-23-19(27)7-13(8-20(23)28)10-29-30-24(31)21-15-5-6-16(18-9-17(15)18)22(21)25(30)32/h1-8,10,15-18,21-22H,9,11H2/t15-,16-,17-,18+,21-,22+/m0/s1. The molecule has 2 amide bonds. The fourth-order valence-corrected chi connectivity index (χ4v) is 7.96. The van der Waals surface area contributed by atoms with E-state index in [0.29, 0.717) is 23.5 Å². The summed E-state index contributed by atoms with van der Waals surface area (Å²) in [4.78, 5) is 26.2. The lowest BCUT2D eigenvalue weighted by Crippen LogP contribution is -2.40. The van der Waals surface area contributed by atoms with E-state index < -0.39 is 0 Å². The second-order valence-corrected chi connectivity index (χ2v) is 11.9. The lowest BCUT2D eigenvalue weighted by Gasteiger charge is -2.37. The van der Waals surface area contributed by atoms with E-state index in [-0.39, 0.29) is 35.5 Å². The first-order valence-corrected chi connectivity index (χ1v) is 13.4. The number of amides is 2. The van der Waals surface area contributed by atoms with Gasteiger partial charge in [-0.25, -0.2) is 0 Å². The van der Waals surface area contributed by atoms with Crippen molar-refractivity contribution in [1.29, 1.82) is 0 Å². The molecule has 4 aliphatic carbocycles. The number of hydrogen-bond acceptors (Lipinski definition) is 4. The highest BCUT2D eigenvalue weighted by Gasteiger charge is 2.67. The van der Waals surface area contributed by atoms with Crippen LogP contribution >= 0.6 is 56.8 Å². The van der Waals surface area contributed by atoms with Gasteiger partial charge < -0.3 is 4.74 Å². The fraction of sp³-hybridized carbons (Fsp3) is 0.320. The number of benzene rings is 2. The first kappa shape index (κ1) is 22.0. The van der Waals surface area contributed by atoms with E-state index >= 15 is 0 Å². The number of carbonyl (C=O) groups excluding carboxylic acids is 2. The zero-order valence-electron chi connectivity index (χ0n) is 17.3. The lowest BCUT2D eigenvalue weighted by atomic mass is 9.63. The van der Waals surface area contributed by atoms with Crippen molar-refractivity contribution in [3.8, 4) is 5.75 Å². The molecule has 3 fully saturated rings. The zero-order valence-corrected chi connectivity index (χ0v) is 22.4. The summed E-state index contributed by atoms with van der Waals surface area (Å²) in [5, 5.41) is 6.17. The van der Waals surface area contributed by atoms with Gasteiger partial charge in [0, 0.05) is 5.02 Å². The van der Waals surface area contributed by atoms with Gasteiger partial charge in [0.2, 0.25) is 0 Å². The molecule has 2 aromatic rings. The number of hydrogen-bond donors (Lipinski definition) is 0. The summed E-state index contributed by atoms with van der Waals surface area (Å²) in [6.45, 7) is 0.439. The van der Waals surface area contributed by atoms with Crippen LogP contribution in [-0.4, -0.2) is 23.0 Å². The van der Waals surface area contributed by atoms with Crippen LogP contribution < -0.4 is 4.74 Å². The Morgan fingerprint density at radius 1 is 1.00 bits per heavy atom. The molecule has 5 aliphatic rings. The summed E-state index contributed by atoms with van der Waals surface area (Å²) < 4.78 is 7.91. The summed E-state index contributed by atoms with van der Waals surface area (Å²) in [5.41, 5.74) is 1.85. The normalized spacial score (nSPS) is 31.3. The van der Waals surface area contributed by atoms with E-state index in [1.165, 1.54) is 0 Å². The van der Waals surface area contributed by atoms with Gasteiger partial charge >= 0.3 is 0 Å². The molecule has 0 aromatic heterocycles. The Labute approximate surface area is 223 Å². The molecule has 168 valence electrons. The van der Waals surface area contributed by atoms with Gasteiger partial charge in [0.05, 0.1) is 25.2 Å². The number of carbonyl (C=O) groups is 2. The van der Waals surface area contributed by atoms with E-state index in [4.69, 9.17) is 16.3 Å². The Morgan fingerprint density at radius 2 is 1.58 bits per heavy atom. The molecule has 2 aromatic carbocycles. The van der Waals surface area contributed by atoms with Gasteiger partial charge in [0.15, 0.2) is 0 Å². The highest BCUT2D eigenvalue weighted by molar-refractivity contribution is 14.1. The third-order valence-corrected chi connectivity index (χ3v) is 9.13. The van der Waals surface area contributed by atoms with Crippen LogP contribution in [0.25, 0.3) is 0 Å². The Hall–Kier alpha value is -1.46. The quantitative estimate of drug-likeness (QED) is 0.181. The number of nitrogens with zero attached hydrogens (tertiary/aromatic N) is 2. The predicted molar refractivity (Wildman–Crippen MR) is 142 cm³/mol. The summed E-state index contributed by atoms with van der Waals surface area (Å²) in [7, 11) is 0. The molecular weight excluding hydrogens is 666 g/mol.